The van der Waals surface area contributed by atoms with Gasteiger partial charge in [-0.1, -0.05) is 6.07 Å². The zero-order chi connectivity index (χ0) is 36.1. The van der Waals surface area contributed by atoms with Crippen molar-refractivity contribution in [3.63, 3.8) is 0 Å². The van der Waals surface area contributed by atoms with Crippen molar-refractivity contribution in [2.45, 2.75) is 81.6 Å². The average Bonchev–Trinajstić information content (AvgIpc) is 3.39. The summed E-state index contributed by atoms with van der Waals surface area (Å²) in [7, 11) is -3.67. The number of carbonyl (C=O) groups excluding carboxylic acids is 4. The van der Waals surface area contributed by atoms with Gasteiger partial charge in [0.25, 0.3) is 5.91 Å². The molecular weight excluding hydrogens is 675 g/mol. The Kier molecular flexibility index (Phi) is 9.48. The van der Waals surface area contributed by atoms with Gasteiger partial charge in [0.05, 0.1) is 4.90 Å². The fraction of sp³-hybridized carbons (Fsp3) is 0.556. The van der Waals surface area contributed by atoms with E-state index < -0.39 is 33.7 Å². The molecule has 1 unspecified atom stereocenters. The molecule has 0 spiro atoms. The molecule has 15 heteroatoms. The SMILES string of the molecule is CC(C)(C)OC(=O)NC1CCN(S(=O)(=O)c2cccc(N3CC(N4CCN(c5ccc6c(c5)CN(C5CCC(=O)NC5=O)C6=O)CC4)C3)c2)CC1. The molecular formula is C36H47N7O7S. The number of ether oxygens (including phenoxy) is 1. The molecule has 4 saturated heterocycles. The molecule has 51 heavy (non-hydrogen) atoms. The van der Waals surface area contributed by atoms with Crippen molar-refractivity contribution in [1.29, 1.82) is 0 Å². The molecule has 0 aromatic heterocycles. The van der Waals surface area contributed by atoms with E-state index in [-0.39, 0.29) is 29.2 Å². The van der Waals surface area contributed by atoms with Crippen LogP contribution in [0.4, 0.5) is 16.2 Å². The number of imide groups is 1. The number of amides is 4. The van der Waals surface area contributed by atoms with E-state index in [9.17, 15) is 27.6 Å². The highest BCUT2D eigenvalue weighted by Crippen LogP contribution is 2.32. The smallest absolute Gasteiger partial charge is 0.407 e. The molecule has 5 aliphatic rings. The molecule has 5 heterocycles. The maximum absolute atomic E-state index is 13.6. The molecule has 5 aliphatic heterocycles. The predicted octanol–water partition coefficient (Wildman–Crippen LogP) is 2.14. The molecule has 7 rings (SSSR count). The van der Waals surface area contributed by atoms with E-state index >= 15 is 0 Å². The number of piperazine rings is 1. The van der Waals surface area contributed by atoms with Crippen molar-refractivity contribution in [3.8, 4) is 0 Å². The van der Waals surface area contributed by atoms with Crippen molar-refractivity contribution in [1.82, 2.24) is 24.7 Å². The number of carbonyl (C=O) groups is 4. The number of benzene rings is 2. The number of nitrogens with zero attached hydrogens (tertiary/aromatic N) is 5. The summed E-state index contributed by atoms with van der Waals surface area (Å²) >= 11 is 0. The first kappa shape index (κ1) is 35.2. The second kappa shape index (κ2) is 13.7. The van der Waals surface area contributed by atoms with Gasteiger partial charge in [0.15, 0.2) is 0 Å². The number of sulfonamides is 1. The van der Waals surface area contributed by atoms with Gasteiger partial charge in [0.1, 0.15) is 11.6 Å². The Balaban J connectivity index is 0.887. The number of rotatable bonds is 7. The number of alkyl carbamates (subject to hydrolysis) is 1. The molecule has 0 saturated carbocycles. The molecule has 1 atom stereocenters. The zero-order valence-electron chi connectivity index (χ0n) is 29.5. The molecule has 0 aliphatic carbocycles. The van der Waals surface area contributed by atoms with Crippen LogP contribution < -0.4 is 20.4 Å². The van der Waals surface area contributed by atoms with E-state index in [0.29, 0.717) is 50.5 Å². The Hall–Kier alpha value is -4.21. The summed E-state index contributed by atoms with van der Waals surface area (Å²) in [6.45, 7) is 11.6. The summed E-state index contributed by atoms with van der Waals surface area (Å²) in [5.74, 6) is -0.862. The lowest BCUT2D eigenvalue weighted by molar-refractivity contribution is -0.136. The second-order valence-corrected chi connectivity index (χ2v) is 17.1. The van der Waals surface area contributed by atoms with Crippen LogP contribution >= 0.6 is 0 Å². The molecule has 274 valence electrons. The van der Waals surface area contributed by atoms with E-state index in [4.69, 9.17) is 4.74 Å². The van der Waals surface area contributed by atoms with Crippen LogP contribution in [0.15, 0.2) is 47.4 Å². The minimum atomic E-state index is -3.67. The van der Waals surface area contributed by atoms with Gasteiger partial charge >= 0.3 is 6.09 Å². The normalized spacial score (nSPS) is 22.8. The number of hydrogen-bond donors (Lipinski definition) is 2. The zero-order valence-corrected chi connectivity index (χ0v) is 30.3. The molecule has 4 fully saturated rings. The van der Waals surface area contributed by atoms with E-state index in [1.807, 2.05) is 39.0 Å². The monoisotopic (exact) mass is 721 g/mol. The van der Waals surface area contributed by atoms with Crippen molar-refractivity contribution in [3.05, 3.63) is 53.6 Å². The van der Waals surface area contributed by atoms with Gasteiger partial charge in [-0.15, -0.1) is 0 Å². The lowest BCUT2D eigenvalue weighted by Gasteiger charge is -2.49. The fourth-order valence-electron chi connectivity index (χ4n) is 7.70. The molecule has 2 aromatic carbocycles. The molecule has 0 bridgehead atoms. The highest BCUT2D eigenvalue weighted by atomic mass is 32.2. The first-order valence-electron chi connectivity index (χ1n) is 17.9. The summed E-state index contributed by atoms with van der Waals surface area (Å²) in [6, 6.07) is 12.7. The Morgan fingerprint density at radius 2 is 1.59 bits per heavy atom. The quantitative estimate of drug-likeness (QED) is 0.407. The molecule has 2 aromatic rings. The first-order chi connectivity index (χ1) is 24.2. The number of anilines is 2. The van der Waals surface area contributed by atoms with Gasteiger partial charge in [-0.2, -0.15) is 4.31 Å². The summed E-state index contributed by atoms with van der Waals surface area (Å²) < 4.78 is 34.0. The van der Waals surface area contributed by atoms with E-state index in [0.717, 1.165) is 56.2 Å². The third-order valence-corrected chi connectivity index (χ3v) is 12.5. The van der Waals surface area contributed by atoms with Crippen LogP contribution in [-0.4, -0.2) is 122 Å². The predicted molar refractivity (Wildman–Crippen MR) is 190 cm³/mol. The maximum Gasteiger partial charge on any atom is 0.407 e. The lowest BCUT2D eigenvalue weighted by atomic mass is 10.0. The second-order valence-electron chi connectivity index (χ2n) is 15.1. The third kappa shape index (κ3) is 7.42. The van der Waals surface area contributed by atoms with Crippen LogP contribution in [0.25, 0.3) is 0 Å². The summed E-state index contributed by atoms with van der Waals surface area (Å²) in [5, 5.41) is 5.22. The largest absolute Gasteiger partial charge is 0.444 e. The van der Waals surface area contributed by atoms with Crippen LogP contribution in [0.1, 0.15) is 62.4 Å². The Morgan fingerprint density at radius 3 is 2.27 bits per heavy atom. The number of nitrogens with one attached hydrogen (secondary N) is 2. The van der Waals surface area contributed by atoms with Crippen molar-refractivity contribution >= 4 is 45.2 Å². The number of hydrogen-bond acceptors (Lipinski definition) is 10. The topological polar surface area (TPSA) is 152 Å². The highest BCUT2D eigenvalue weighted by Gasteiger charge is 2.40. The summed E-state index contributed by atoms with van der Waals surface area (Å²) in [5.41, 5.74) is 2.88. The molecule has 4 amide bonds. The number of piperidine rings is 2. The van der Waals surface area contributed by atoms with Crippen LogP contribution in [0.3, 0.4) is 0 Å². The van der Waals surface area contributed by atoms with Gasteiger partial charge < -0.3 is 24.8 Å². The van der Waals surface area contributed by atoms with Crippen molar-refractivity contribution < 1.29 is 32.3 Å². The van der Waals surface area contributed by atoms with Gasteiger partial charge in [-0.25, -0.2) is 13.2 Å². The van der Waals surface area contributed by atoms with Crippen LogP contribution in [0.5, 0.6) is 0 Å². The van der Waals surface area contributed by atoms with E-state index in [1.54, 1.807) is 23.1 Å². The third-order valence-electron chi connectivity index (χ3n) is 10.6. The van der Waals surface area contributed by atoms with Crippen LogP contribution in [0.2, 0.25) is 0 Å². The summed E-state index contributed by atoms with van der Waals surface area (Å²) in [4.78, 5) is 58.2. The van der Waals surface area contributed by atoms with E-state index in [2.05, 4.69) is 31.4 Å². The van der Waals surface area contributed by atoms with Gasteiger partial charge in [-0.05, 0) is 82.0 Å². The Bertz CT molecular complexity index is 1810. The van der Waals surface area contributed by atoms with Gasteiger partial charge in [0, 0.05) is 94.3 Å². The fourth-order valence-corrected chi connectivity index (χ4v) is 9.21. The maximum atomic E-state index is 13.6. The standard InChI is InChI=1S/C36H47N7O7S/c1-36(2,3)50-35(47)37-25-11-13-42(14-12-25)51(48,49)29-6-4-5-26(20-29)41-22-28(23-41)40-17-15-39(16-18-40)27-7-8-30-24(19-27)21-43(34(30)46)31-9-10-32(44)38-33(31)45/h4-8,19-20,25,28,31H,9-18,21-23H2,1-3H3,(H,37,47)(H,38,44,45). The minimum Gasteiger partial charge on any atom is -0.444 e. The van der Waals surface area contributed by atoms with Gasteiger partial charge in [0.2, 0.25) is 21.8 Å². The molecule has 0 radical (unpaired) electrons. The van der Waals surface area contributed by atoms with Gasteiger partial charge in [-0.3, -0.25) is 24.6 Å². The average molecular weight is 722 g/mol. The first-order valence-corrected chi connectivity index (χ1v) is 19.3. The lowest BCUT2D eigenvalue weighted by Crippen LogP contribution is -2.63. The van der Waals surface area contributed by atoms with Crippen LogP contribution in [0, 0.1) is 0 Å². The minimum absolute atomic E-state index is 0.130. The van der Waals surface area contributed by atoms with Crippen LogP contribution in [-0.2, 0) is 30.9 Å². The Labute approximate surface area is 299 Å². The molecule has 2 N–H and O–H groups in total. The number of fused-ring (bicyclic) bond motifs is 1. The summed E-state index contributed by atoms with van der Waals surface area (Å²) in [6.07, 6.45) is 1.14. The Morgan fingerprint density at radius 1 is 0.882 bits per heavy atom. The molecule has 14 nitrogen and oxygen atoms in total. The highest BCUT2D eigenvalue weighted by molar-refractivity contribution is 7.89. The van der Waals surface area contributed by atoms with E-state index in [1.165, 1.54) is 4.31 Å². The van der Waals surface area contributed by atoms with Crippen molar-refractivity contribution in [2.24, 2.45) is 0 Å². The van der Waals surface area contributed by atoms with Crippen molar-refractivity contribution in [2.75, 3.05) is 62.2 Å².